The summed E-state index contributed by atoms with van der Waals surface area (Å²) < 4.78 is 50.3. The highest BCUT2D eigenvalue weighted by Gasteiger charge is 2.19. The highest BCUT2D eigenvalue weighted by Crippen LogP contribution is 2.16. The summed E-state index contributed by atoms with van der Waals surface area (Å²) in [4.78, 5) is 2.39. The molecule has 1 heterocycles. The minimum atomic E-state index is -1.65. The van der Waals surface area contributed by atoms with Gasteiger partial charge in [-0.2, -0.15) is 13.8 Å². The molecule has 0 amide bonds. The van der Waals surface area contributed by atoms with Gasteiger partial charge in [0.1, 0.15) is 0 Å². The summed E-state index contributed by atoms with van der Waals surface area (Å²) in [6.45, 7) is -0.100. The van der Waals surface area contributed by atoms with Gasteiger partial charge in [-0.05, 0) is 13.0 Å². The molecule has 0 atom stereocenters. The van der Waals surface area contributed by atoms with Gasteiger partial charge in [-0.3, -0.25) is 0 Å². The van der Waals surface area contributed by atoms with E-state index in [1.807, 2.05) is 0 Å². The monoisotopic (exact) mass is 194 g/mol. The molecular weight excluding hydrogens is 188 g/mol. The van der Waals surface area contributed by atoms with E-state index in [-0.39, 0.29) is 13.0 Å². The number of hydrogen-bond donors (Lipinski definition) is 1. The van der Waals surface area contributed by atoms with Crippen LogP contribution in [0, 0.1) is 23.5 Å². The fraction of sp³-hybridized carbons (Fsp3) is 0.286. The quantitative estimate of drug-likeness (QED) is 0.566. The summed E-state index contributed by atoms with van der Waals surface area (Å²) in [5.41, 5.74) is 4.30. The molecule has 0 saturated carbocycles. The molecular formula is C7H6F4N2. The summed E-state index contributed by atoms with van der Waals surface area (Å²) >= 11 is 0. The Labute approximate surface area is 71.4 Å². The largest absolute Gasteiger partial charge is 0.330 e. The zero-order valence-corrected chi connectivity index (χ0v) is 6.45. The van der Waals surface area contributed by atoms with E-state index < -0.39 is 29.1 Å². The Morgan fingerprint density at radius 1 is 1.00 bits per heavy atom. The first kappa shape index (κ1) is 9.91. The van der Waals surface area contributed by atoms with Crippen LogP contribution in [0.25, 0.3) is 0 Å². The number of halogens is 4. The van der Waals surface area contributed by atoms with Gasteiger partial charge < -0.3 is 5.73 Å². The van der Waals surface area contributed by atoms with Crippen molar-refractivity contribution < 1.29 is 17.6 Å². The predicted molar refractivity (Wildman–Crippen MR) is 36.8 cm³/mol. The van der Waals surface area contributed by atoms with Crippen molar-refractivity contribution >= 4 is 0 Å². The molecule has 0 saturated heterocycles. The van der Waals surface area contributed by atoms with Crippen LogP contribution in [0.2, 0.25) is 0 Å². The van der Waals surface area contributed by atoms with Crippen molar-refractivity contribution in [1.29, 1.82) is 0 Å². The van der Waals surface area contributed by atoms with E-state index in [0.717, 1.165) is 0 Å². The van der Waals surface area contributed by atoms with Gasteiger partial charge in [-0.1, -0.05) is 0 Å². The molecule has 72 valence electrons. The fourth-order valence-corrected chi connectivity index (χ4v) is 0.894. The Bertz CT molecular complexity index is 301. The second-order valence-corrected chi connectivity index (χ2v) is 2.34. The average Bonchev–Trinajstić information content (AvgIpc) is 2.09. The first-order valence-corrected chi connectivity index (χ1v) is 3.46. The first-order chi connectivity index (χ1) is 6.07. The van der Waals surface area contributed by atoms with Crippen LogP contribution in [0.4, 0.5) is 17.6 Å². The summed E-state index contributed by atoms with van der Waals surface area (Å²) in [5, 5.41) is 0. The number of pyridine rings is 1. The van der Waals surface area contributed by atoms with Gasteiger partial charge in [0.2, 0.25) is 0 Å². The molecule has 13 heavy (non-hydrogen) atoms. The van der Waals surface area contributed by atoms with Gasteiger partial charge in [0.05, 0.1) is 0 Å². The third-order valence-corrected chi connectivity index (χ3v) is 1.48. The zero-order chi connectivity index (χ0) is 10.0. The first-order valence-electron chi connectivity index (χ1n) is 3.46. The van der Waals surface area contributed by atoms with Crippen LogP contribution in [-0.2, 0) is 6.42 Å². The maximum absolute atomic E-state index is 12.7. The smallest absolute Gasteiger partial charge is 0.252 e. The zero-order valence-electron chi connectivity index (χ0n) is 6.45. The average molecular weight is 194 g/mol. The Kier molecular flexibility index (Phi) is 2.82. The molecule has 0 fully saturated rings. The highest BCUT2D eigenvalue weighted by atomic mass is 19.2. The second kappa shape index (κ2) is 3.69. The molecule has 0 aromatic carbocycles. The van der Waals surface area contributed by atoms with E-state index in [9.17, 15) is 17.6 Å². The number of nitrogens with two attached hydrogens (primary N) is 1. The summed E-state index contributed by atoms with van der Waals surface area (Å²) in [5.74, 6) is -6.27. The van der Waals surface area contributed by atoms with Crippen molar-refractivity contribution in [2.24, 2.45) is 5.73 Å². The van der Waals surface area contributed by atoms with E-state index in [1.54, 1.807) is 0 Å². The van der Waals surface area contributed by atoms with Crippen LogP contribution in [0.1, 0.15) is 5.56 Å². The van der Waals surface area contributed by atoms with E-state index in [1.165, 1.54) is 0 Å². The maximum atomic E-state index is 12.7. The molecule has 0 aliphatic rings. The molecule has 1 rings (SSSR count). The minimum Gasteiger partial charge on any atom is -0.330 e. The lowest BCUT2D eigenvalue weighted by Gasteiger charge is -2.03. The Hall–Kier alpha value is -1.17. The highest BCUT2D eigenvalue weighted by molar-refractivity contribution is 5.17. The van der Waals surface area contributed by atoms with Gasteiger partial charge in [0.15, 0.2) is 11.6 Å². The van der Waals surface area contributed by atoms with Crippen molar-refractivity contribution in [2.75, 3.05) is 6.54 Å². The molecule has 1 aromatic rings. The van der Waals surface area contributed by atoms with Crippen LogP contribution in [0.15, 0.2) is 0 Å². The van der Waals surface area contributed by atoms with E-state index in [2.05, 4.69) is 4.98 Å². The van der Waals surface area contributed by atoms with E-state index in [0.29, 0.717) is 0 Å². The van der Waals surface area contributed by atoms with Crippen LogP contribution < -0.4 is 5.73 Å². The molecule has 2 N–H and O–H groups in total. The van der Waals surface area contributed by atoms with E-state index >= 15 is 0 Å². The summed E-state index contributed by atoms with van der Waals surface area (Å²) in [6.07, 6.45) is -0.270. The summed E-state index contributed by atoms with van der Waals surface area (Å²) in [6, 6.07) is 0. The Balaban J connectivity index is 3.28. The lowest BCUT2D eigenvalue weighted by atomic mass is 10.2. The lowest BCUT2D eigenvalue weighted by Crippen LogP contribution is -2.11. The SMILES string of the molecule is NCCc1c(F)c(F)nc(F)c1F. The van der Waals surface area contributed by atoms with Gasteiger partial charge in [0.25, 0.3) is 11.9 Å². The number of rotatable bonds is 2. The van der Waals surface area contributed by atoms with Crippen molar-refractivity contribution in [3.63, 3.8) is 0 Å². The maximum Gasteiger partial charge on any atom is 0.252 e. The molecule has 2 nitrogen and oxygen atoms in total. The fourth-order valence-electron chi connectivity index (χ4n) is 0.894. The van der Waals surface area contributed by atoms with Crippen LogP contribution >= 0.6 is 0 Å². The number of hydrogen-bond acceptors (Lipinski definition) is 2. The normalized spacial score (nSPS) is 10.5. The molecule has 0 unspecified atom stereocenters. The molecule has 0 radical (unpaired) electrons. The Morgan fingerprint density at radius 3 is 1.85 bits per heavy atom. The molecule has 0 bridgehead atoms. The third kappa shape index (κ3) is 1.77. The van der Waals surface area contributed by atoms with Gasteiger partial charge in [-0.15, -0.1) is 0 Å². The Morgan fingerprint density at radius 2 is 1.46 bits per heavy atom. The van der Waals surface area contributed by atoms with Crippen molar-refractivity contribution in [3.8, 4) is 0 Å². The van der Waals surface area contributed by atoms with Crippen LogP contribution in [0.3, 0.4) is 0 Å². The molecule has 0 aliphatic carbocycles. The topological polar surface area (TPSA) is 38.9 Å². The van der Waals surface area contributed by atoms with Crippen molar-refractivity contribution in [1.82, 2.24) is 4.98 Å². The molecule has 1 aromatic heterocycles. The van der Waals surface area contributed by atoms with Crippen LogP contribution in [-0.4, -0.2) is 11.5 Å². The standard InChI is InChI=1S/C7H6F4N2/c8-4-3(1-2-12)5(9)7(11)13-6(4)10/h1-2,12H2. The third-order valence-electron chi connectivity index (χ3n) is 1.48. The molecule has 0 spiro atoms. The van der Waals surface area contributed by atoms with Crippen molar-refractivity contribution in [3.05, 3.63) is 29.1 Å². The van der Waals surface area contributed by atoms with Gasteiger partial charge in [0, 0.05) is 5.56 Å². The summed E-state index contributed by atoms with van der Waals surface area (Å²) in [7, 11) is 0. The van der Waals surface area contributed by atoms with Gasteiger partial charge in [-0.25, -0.2) is 8.78 Å². The second-order valence-electron chi connectivity index (χ2n) is 2.34. The van der Waals surface area contributed by atoms with Gasteiger partial charge >= 0.3 is 0 Å². The lowest BCUT2D eigenvalue weighted by molar-refractivity contribution is 0.395. The minimum absolute atomic E-state index is 0.100. The number of aromatic nitrogens is 1. The van der Waals surface area contributed by atoms with Crippen LogP contribution in [0.5, 0.6) is 0 Å². The van der Waals surface area contributed by atoms with Crippen molar-refractivity contribution in [2.45, 2.75) is 6.42 Å². The molecule has 0 aliphatic heterocycles. The molecule has 6 heteroatoms. The predicted octanol–water partition coefficient (Wildman–Crippen LogP) is 1.14. The number of nitrogens with zero attached hydrogens (tertiary/aromatic N) is 1. The van der Waals surface area contributed by atoms with E-state index in [4.69, 9.17) is 5.73 Å².